The molecule has 0 unspecified atom stereocenters. The SMILES string of the molecule is CCC#COC(=O)CCCCC(=O)OC#CCC. The van der Waals surface area contributed by atoms with E-state index in [1.165, 1.54) is 0 Å². The maximum atomic E-state index is 11.1. The second-order valence-electron chi connectivity index (χ2n) is 3.42. The summed E-state index contributed by atoms with van der Waals surface area (Å²) in [6.07, 6.45) is 7.58. The van der Waals surface area contributed by atoms with Crippen molar-refractivity contribution in [2.24, 2.45) is 0 Å². The Morgan fingerprint density at radius 2 is 1.22 bits per heavy atom. The Morgan fingerprint density at radius 1 is 0.833 bits per heavy atom. The largest absolute Gasteiger partial charge is 0.372 e. The summed E-state index contributed by atoms with van der Waals surface area (Å²) in [4.78, 5) is 22.2. The van der Waals surface area contributed by atoms with E-state index in [0.717, 1.165) is 0 Å². The lowest BCUT2D eigenvalue weighted by Gasteiger charge is -1.97. The van der Waals surface area contributed by atoms with Crippen LogP contribution >= 0.6 is 0 Å². The van der Waals surface area contributed by atoms with Gasteiger partial charge in [0.05, 0.1) is 0 Å². The first-order valence-corrected chi connectivity index (χ1v) is 6.05. The highest BCUT2D eigenvalue weighted by molar-refractivity contribution is 5.71. The maximum absolute atomic E-state index is 11.1. The molecule has 0 saturated heterocycles. The van der Waals surface area contributed by atoms with Gasteiger partial charge in [0.2, 0.25) is 0 Å². The maximum Gasteiger partial charge on any atom is 0.319 e. The van der Waals surface area contributed by atoms with Crippen molar-refractivity contribution < 1.29 is 19.1 Å². The fourth-order valence-electron chi connectivity index (χ4n) is 0.971. The van der Waals surface area contributed by atoms with Gasteiger partial charge in [-0.2, -0.15) is 0 Å². The minimum absolute atomic E-state index is 0.256. The van der Waals surface area contributed by atoms with Crippen molar-refractivity contribution in [1.29, 1.82) is 0 Å². The Hall–Kier alpha value is -1.94. The third-order valence-corrected chi connectivity index (χ3v) is 1.84. The molecule has 0 aromatic carbocycles. The van der Waals surface area contributed by atoms with Crippen molar-refractivity contribution in [2.75, 3.05) is 0 Å². The molecule has 4 nitrogen and oxygen atoms in total. The summed E-state index contributed by atoms with van der Waals surface area (Å²) in [5.74, 6) is 4.54. The van der Waals surface area contributed by atoms with E-state index in [0.29, 0.717) is 25.7 Å². The Balaban J connectivity index is 3.55. The van der Waals surface area contributed by atoms with Crippen LogP contribution in [0.3, 0.4) is 0 Å². The molecule has 0 aliphatic heterocycles. The van der Waals surface area contributed by atoms with Gasteiger partial charge in [-0.05, 0) is 12.8 Å². The van der Waals surface area contributed by atoms with Crippen LogP contribution in [0.15, 0.2) is 0 Å². The van der Waals surface area contributed by atoms with Crippen LogP contribution in [-0.4, -0.2) is 11.9 Å². The summed E-state index contributed by atoms with van der Waals surface area (Å²) in [5, 5.41) is 0. The van der Waals surface area contributed by atoms with E-state index in [1.807, 2.05) is 13.8 Å². The van der Waals surface area contributed by atoms with E-state index < -0.39 is 0 Å². The van der Waals surface area contributed by atoms with E-state index in [2.05, 4.69) is 33.5 Å². The molecule has 0 N–H and O–H groups in total. The van der Waals surface area contributed by atoms with Crippen molar-refractivity contribution in [3.8, 4) is 24.1 Å². The van der Waals surface area contributed by atoms with E-state index in [-0.39, 0.29) is 24.8 Å². The molecule has 0 heterocycles. The van der Waals surface area contributed by atoms with E-state index >= 15 is 0 Å². The quantitative estimate of drug-likeness (QED) is 0.427. The number of esters is 2. The van der Waals surface area contributed by atoms with Gasteiger partial charge in [0.15, 0.2) is 0 Å². The fourth-order valence-corrected chi connectivity index (χ4v) is 0.971. The molecule has 0 atom stereocenters. The van der Waals surface area contributed by atoms with E-state index in [9.17, 15) is 9.59 Å². The first-order chi connectivity index (χ1) is 8.70. The smallest absolute Gasteiger partial charge is 0.319 e. The molecule has 18 heavy (non-hydrogen) atoms. The molecular formula is C14H18O4. The third-order valence-electron chi connectivity index (χ3n) is 1.84. The summed E-state index contributed by atoms with van der Waals surface area (Å²) in [5.41, 5.74) is 0. The summed E-state index contributed by atoms with van der Waals surface area (Å²) >= 11 is 0. The predicted octanol–water partition coefficient (Wildman–Crippen LogP) is 2.38. The van der Waals surface area contributed by atoms with E-state index in [4.69, 9.17) is 0 Å². The zero-order valence-corrected chi connectivity index (χ0v) is 10.9. The monoisotopic (exact) mass is 250 g/mol. The third kappa shape index (κ3) is 10.6. The number of carbonyl (C=O) groups is 2. The lowest BCUT2D eigenvalue weighted by atomic mass is 10.2. The normalized spacial score (nSPS) is 8.33. The first-order valence-electron chi connectivity index (χ1n) is 6.05. The summed E-state index contributed by atoms with van der Waals surface area (Å²) < 4.78 is 9.26. The van der Waals surface area contributed by atoms with Gasteiger partial charge in [-0.25, -0.2) is 0 Å². The minimum Gasteiger partial charge on any atom is -0.372 e. The van der Waals surface area contributed by atoms with Crippen LogP contribution < -0.4 is 0 Å². The number of unbranched alkanes of at least 4 members (excludes halogenated alkanes) is 1. The molecule has 0 aliphatic carbocycles. The first kappa shape index (κ1) is 16.1. The van der Waals surface area contributed by atoms with Crippen molar-refractivity contribution in [3.05, 3.63) is 0 Å². The molecule has 0 rings (SSSR count). The van der Waals surface area contributed by atoms with Crippen molar-refractivity contribution in [3.63, 3.8) is 0 Å². The topological polar surface area (TPSA) is 52.6 Å². The second kappa shape index (κ2) is 11.5. The Morgan fingerprint density at radius 3 is 1.56 bits per heavy atom. The number of carbonyl (C=O) groups excluding carboxylic acids is 2. The standard InChI is InChI=1S/C14H18O4/c1-3-5-11-17-13(15)9-7-8-10-14(16)18-12-6-4-2/h3-4,7-10H2,1-2H3. The van der Waals surface area contributed by atoms with E-state index in [1.54, 1.807) is 0 Å². The van der Waals surface area contributed by atoms with Crippen LogP contribution in [0, 0.1) is 24.1 Å². The molecule has 0 aliphatic rings. The van der Waals surface area contributed by atoms with Crippen molar-refractivity contribution in [1.82, 2.24) is 0 Å². The molecule has 0 saturated carbocycles. The Bertz CT molecular complexity index is 338. The van der Waals surface area contributed by atoms with Crippen LogP contribution in [0.1, 0.15) is 52.4 Å². The average molecular weight is 250 g/mol. The summed E-state index contributed by atoms with van der Waals surface area (Å²) in [7, 11) is 0. The zero-order chi connectivity index (χ0) is 13.6. The number of hydrogen-bond donors (Lipinski definition) is 0. The van der Waals surface area contributed by atoms with Gasteiger partial charge in [0.1, 0.15) is 12.2 Å². The van der Waals surface area contributed by atoms with Gasteiger partial charge in [-0.3, -0.25) is 9.59 Å². The highest BCUT2D eigenvalue weighted by Gasteiger charge is 2.04. The highest BCUT2D eigenvalue weighted by Crippen LogP contribution is 2.02. The summed E-state index contributed by atoms with van der Waals surface area (Å²) in [6.45, 7) is 3.74. The molecule has 0 aromatic heterocycles. The van der Waals surface area contributed by atoms with Gasteiger partial charge in [-0.15, -0.1) is 0 Å². The zero-order valence-electron chi connectivity index (χ0n) is 10.9. The molecule has 0 radical (unpaired) electrons. The van der Waals surface area contributed by atoms with Crippen molar-refractivity contribution in [2.45, 2.75) is 52.4 Å². The lowest BCUT2D eigenvalue weighted by molar-refractivity contribution is -0.139. The molecule has 0 fully saturated rings. The number of rotatable bonds is 5. The molecule has 0 amide bonds. The van der Waals surface area contributed by atoms with Gasteiger partial charge < -0.3 is 9.47 Å². The number of hydrogen-bond acceptors (Lipinski definition) is 4. The van der Waals surface area contributed by atoms with Crippen LogP contribution in [0.2, 0.25) is 0 Å². The minimum atomic E-state index is -0.366. The predicted molar refractivity (Wildman–Crippen MR) is 66.8 cm³/mol. The van der Waals surface area contributed by atoms with Crippen molar-refractivity contribution >= 4 is 11.9 Å². The lowest BCUT2D eigenvalue weighted by Crippen LogP contribution is -2.02. The van der Waals surface area contributed by atoms with Gasteiger partial charge in [-0.1, -0.05) is 25.7 Å². The number of ether oxygens (including phenoxy) is 2. The van der Waals surface area contributed by atoms with Crippen LogP contribution in [0.4, 0.5) is 0 Å². The fraction of sp³-hybridized carbons (Fsp3) is 0.571. The molecular weight excluding hydrogens is 232 g/mol. The molecule has 0 bridgehead atoms. The summed E-state index contributed by atoms with van der Waals surface area (Å²) in [6, 6.07) is 0. The van der Waals surface area contributed by atoms with Gasteiger partial charge in [0.25, 0.3) is 0 Å². The van der Waals surface area contributed by atoms with Crippen LogP contribution in [0.5, 0.6) is 0 Å². The average Bonchev–Trinajstić information content (AvgIpc) is 2.35. The Kier molecular flexibility index (Phi) is 10.3. The molecule has 0 aromatic rings. The Labute approximate surface area is 108 Å². The molecule has 98 valence electrons. The van der Waals surface area contributed by atoms with Gasteiger partial charge >= 0.3 is 11.9 Å². The van der Waals surface area contributed by atoms with Crippen LogP contribution in [0.25, 0.3) is 0 Å². The van der Waals surface area contributed by atoms with Gasteiger partial charge in [0, 0.05) is 25.7 Å². The molecule has 0 spiro atoms. The highest BCUT2D eigenvalue weighted by atomic mass is 16.5. The molecule has 4 heteroatoms. The van der Waals surface area contributed by atoms with Crippen LogP contribution in [-0.2, 0) is 19.1 Å². The second-order valence-corrected chi connectivity index (χ2v) is 3.42.